The molecule has 0 spiro atoms. The minimum Gasteiger partial charge on any atom is -0.456 e. The highest BCUT2D eigenvalue weighted by molar-refractivity contribution is 7.25. The molecule has 0 fully saturated rings. The zero-order valence-corrected chi connectivity index (χ0v) is 35.3. The summed E-state index contributed by atoms with van der Waals surface area (Å²) in [4.78, 5) is 0. The Balaban J connectivity index is 1.05. The first-order chi connectivity index (χ1) is 31.2. The fourth-order valence-corrected chi connectivity index (χ4v) is 11.5. The van der Waals surface area contributed by atoms with E-state index < -0.39 is 0 Å². The van der Waals surface area contributed by atoms with Gasteiger partial charge in [-0.25, -0.2) is 0 Å². The van der Waals surface area contributed by atoms with E-state index in [1.54, 1.807) is 0 Å². The van der Waals surface area contributed by atoms with Gasteiger partial charge in [-0.1, -0.05) is 176 Å². The molecular formula is C61H38OS. The van der Waals surface area contributed by atoms with Crippen molar-refractivity contribution in [2.24, 2.45) is 0 Å². The summed E-state index contributed by atoms with van der Waals surface area (Å²) in [7, 11) is 0. The summed E-state index contributed by atoms with van der Waals surface area (Å²) >= 11 is 1.86. The summed E-state index contributed by atoms with van der Waals surface area (Å²) in [5.41, 5.74) is 15.3. The van der Waals surface area contributed by atoms with Crippen LogP contribution in [0.25, 0.3) is 130 Å². The molecule has 0 saturated heterocycles. The second kappa shape index (κ2) is 14.1. The molecule has 0 radical (unpaired) electrons. The van der Waals surface area contributed by atoms with E-state index in [0.717, 1.165) is 27.5 Å². The van der Waals surface area contributed by atoms with Crippen LogP contribution in [0.1, 0.15) is 5.56 Å². The molecule has 11 aromatic carbocycles. The summed E-state index contributed by atoms with van der Waals surface area (Å²) in [6.45, 7) is 2.29. The summed E-state index contributed by atoms with van der Waals surface area (Å²) in [6.07, 6.45) is 0. The van der Waals surface area contributed by atoms with Crippen LogP contribution in [0.3, 0.4) is 0 Å². The molecule has 1 nitrogen and oxygen atoms in total. The van der Waals surface area contributed by atoms with Crippen LogP contribution < -0.4 is 0 Å². The molecule has 0 aliphatic carbocycles. The van der Waals surface area contributed by atoms with Gasteiger partial charge in [-0.2, -0.15) is 0 Å². The van der Waals surface area contributed by atoms with E-state index in [-0.39, 0.29) is 0 Å². The minimum absolute atomic E-state index is 0.901. The Kier molecular flexibility index (Phi) is 8.06. The predicted octanol–water partition coefficient (Wildman–Crippen LogP) is 18.1. The molecule has 0 unspecified atom stereocenters. The van der Waals surface area contributed by atoms with E-state index in [0.29, 0.717) is 0 Å². The van der Waals surface area contributed by atoms with Crippen molar-refractivity contribution in [2.75, 3.05) is 0 Å². The molecule has 13 rings (SSSR count). The quantitative estimate of drug-likeness (QED) is 0.158. The molecule has 0 aliphatic heterocycles. The predicted molar refractivity (Wildman–Crippen MR) is 271 cm³/mol. The van der Waals surface area contributed by atoms with Crippen molar-refractivity contribution >= 4 is 85.8 Å². The van der Waals surface area contributed by atoms with E-state index in [9.17, 15) is 0 Å². The maximum atomic E-state index is 6.30. The molecular weight excluding hydrogens is 781 g/mol. The van der Waals surface area contributed by atoms with Gasteiger partial charge >= 0.3 is 0 Å². The van der Waals surface area contributed by atoms with Crippen LogP contribution >= 0.6 is 11.3 Å². The first-order valence-electron chi connectivity index (χ1n) is 21.7. The van der Waals surface area contributed by atoms with Crippen LogP contribution in [0.2, 0.25) is 0 Å². The monoisotopic (exact) mass is 818 g/mol. The topological polar surface area (TPSA) is 13.1 Å². The molecule has 0 atom stereocenters. The Morgan fingerprint density at radius 3 is 1.54 bits per heavy atom. The number of benzene rings is 11. The van der Waals surface area contributed by atoms with E-state index in [2.05, 4.69) is 213 Å². The van der Waals surface area contributed by atoms with Gasteiger partial charge < -0.3 is 4.42 Å². The van der Waals surface area contributed by atoms with Crippen molar-refractivity contribution in [2.45, 2.75) is 6.92 Å². The number of hydrogen-bond donors (Lipinski definition) is 0. The Morgan fingerprint density at radius 1 is 0.302 bits per heavy atom. The van der Waals surface area contributed by atoms with Crippen LogP contribution in [0.15, 0.2) is 217 Å². The summed E-state index contributed by atoms with van der Waals surface area (Å²) in [5, 5.41) is 12.4. The zero-order valence-electron chi connectivity index (χ0n) is 34.5. The second-order valence-electron chi connectivity index (χ2n) is 16.7. The molecule has 63 heavy (non-hydrogen) atoms. The largest absolute Gasteiger partial charge is 0.456 e. The second-order valence-corrected chi connectivity index (χ2v) is 17.8. The molecule has 13 aromatic rings. The minimum atomic E-state index is 0.901. The van der Waals surface area contributed by atoms with Crippen LogP contribution in [-0.4, -0.2) is 0 Å². The number of hydrogen-bond acceptors (Lipinski definition) is 2. The van der Waals surface area contributed by atoms with Gasteiger partial charge in [-0.15, -0.1) is 11.3 Å². The maximum Gasteiger partial charge on any atom is 0.135 e. The van der Waals surface area contributed by atoms with E-state index in [1.807, 2.05) is 17.4 Å². The average molecular weight is 819 g/mol. The van der Waals surface area contributed by atoms with Gasteiger partial charge in [0.25, 0.3) is 0 Å². The van der Waals surface area contributed by atoms with Crippen molar-refractivity contribution in [3.05, 3.63) is 218 Å². The molecule has 0 N–H and O–H groups in total. The van der Waals surface area contributed by atoms with Gasteiger partial charge in [-0.05, 0) is 137 Å². The third-order valence-electron chi connectivity index (χ3n) is 13.2. The summed E-state index contributed by atoms with van der Waals surface area (Å²) in [5.74, 6) is 0. The Labute approximate surface area is 368 Å². The summed E-state index contributed by atoms with van der Waals surface area (Å²) in [6, 6.07) is 78.2. The van der Waals surface area contributed by atoms with Crippen molar-refractivity contribution in [3.8, 4) is 55.6 Å². The van der Waals surface area contributed by atoms with Gasteiger partial charge in [0, 0.05) is 30.9 Å². The fraction of sp³-hybridized carbons (Fsp3) is 0.0164. The highest BCUT2D eigenvalue weighted by Gasteiger charge is 2.21. The van der Waals surface area contributed by atoms with E-state index in [1.165, 1.54) is 108 Å². The van der Waals surface area contributed by atoms with Crippen molar-refractivity contribution < 1.29 is 4.42 Å². The van der Waals surface area contributed by atoms with Crippen LogP contribution in [-0.2, 0) is 0 Å². The Hall–Kier alpha value is -7.78. The molecule has 0 amide bonds. The van der Waals surface area contributed by atoms with E-state index >= 15 is 0 Å². The lowest BCUT2D eigenvalue weighted by Gasteiger charge is -2.21. The number of para-hydroxylation sites is 1. The Bertz CT molecular complexity index is 3800. The zero-order chi connectivity index (χ0) is 41.6. The Morgan fingerprint density at radius 2 is 0.810 bits per heavy atom. The molecule has 2 heterocycles. The van der Waals surface area contributed by atoms with E-state index in [4.69, 9.17) is 4.42 Å². The number of fused-ring (bicyclic) bond motifs is 9. The first-order valence-corrected chi connectivity index (χ1v) is 22.5. The van der Waals surface area contributed by atoms with Crippen LogP contribution in [0.4, 0.5) is 0 Å². The highest BCUT2D eigenvalue weighted by Crippen LogP contribution is 2.48. The number of aryl methyl sites for hydroxylation is 1. The maximum absolute atomic E-state index is 6.30. The lowest BCUT2D eigenvalue weighted by molar-refractivity contribution is 0.669. The van der Waals surface area contributed by atoms with Gasteiger partial charge in [0.05, 0.1) is 0 Å². The summed E-state index contributed by atoms with van der Waals surface area (Å²) < 4.78 is 8.93. The van der Waals surface area contributed by atoms with Gasteiger partial charge in [-0.3, -0.25) is 0 Å². The molecule has 2 heteroatoms. The lowest BCUT2D eigenvalue weighted by atomic mass is 9.82. The number of thiophene rings is 1. The molecule has 0 saturated carbocycles. The smallest absolute Gasteiger partial charge is 0.135 e. The molecule has 0 bridgehead atoms. The number of rotatable bonds is 5. The van der Waals surface area contributed by atoms with Crippen LogP contribution in [0.5, 0.6) is 0 Å². The standard InChI is InChI=1S/C61H38OS/c1-37-34-41(28-31-42(37)60-49-19-4-6-21-51(49)61(52-22-7-5-20-50(52)60)48-25-12-15-38-14-2-3-16-43(38)48)59-44(39-29-32-56-53(35-39)46-17-8-10-26-55(46)62-56)23-13-24-45(59)40-30-33-58-54(36-40)47-18-9-11-27-57(47)63-58/h2-36H,1H3. The molecule has 2 aromatic heterocycles. The van der Waals surface area contributed by atoms with Gasteiger partial charge in [0.15, 0.2) is 0 Å². The fourth-order valence-electron chi connectivity index (χ4n) is 10.4. The van der Waals surface area contributed by atoms with Crippen molar-refractivity contribution in [1.82, 2.24) is 0 Å². The molecule has 294 valence electrons. The van der Waals surface area contributed by atoms with Crippen molar-refractivity contribution in [3.63, 3.8) is 0 Å². The lowest BCUT2D eigenvalue weighted by Crippen LogP contribution is -1.95. The first kappa shape index (κ1) is 35.9. The third-order valence-corrected chi connectivity index (χ3v) is 14.4. The molecule has 0 aliphatic rings. The highest BCUT2D eigenvalue weighted by atomic mass is 32.1. The SMILES string of the molecule is Cc1cc(-c2c(-c3ccc4oc5ccccc5c4c3)cccc2-c2ccc3sc4ccccc4c3c2)ccc1-c1c2ccccc2c(-c2cccc3ccccc23)c2ccccc12. The van der Waals surface area contributed by atoms with Gasteiger partial charge in [0.1, 0.15) is 11.2 Å². The number of furan rings is 1. The normalized spacial score (nSPS) is 11.9. The van der Waals surface area contributed by atoms with Crippen molar-refractivity contribution in [1.29, 1.82) is 0 Å². The third kappa shape index (κ3) is 5.62. The average Bonchev–Trinajstić information content (AvgIpc) is 3.91. The van der Waals surface area contributed by atoms with Gasteiger partial charge in [0.2, 0.25) is 0 Å². The van der Waals surface area contributed by atoms with Crippen LogP contribution in [0, 0.1) is 6.92 Å².